The molecule has 1 aliphatic heterocycles. The lowest BCUT2D eigenvalue weighted by Crippen LogP contribution is -2.28. The number of halogens is 1. The molecule has 1 aromatic heterocycles. The van der Waals surface area contributed by atoms with E-state index in [-0.39, 0.29) is 17.9 Å². The number of carbonyl (C=O) groups is 1. The zero-order chi connectivity index (χ0) is 14.2. The summed E-state index contributed by atoms with van der Waals surface area (Å²) in [5.74, 6) is -0.236. The Bertz CT molecular complexity index is 683. The Labute approximate surface area is 108 Å². The minimum Gasteiger partial charge on any atom is -0.294 e. The van der Waals surface area contributed by atoms with Crippen LogP contribution in [-0.2, 0) is 15.0 Å². The zero-order valence-corrected chi connectivity index (χ0v) is 10.7. The van der Waals surface area contributed by atoms with Gasteiger partial charge in [0.2, 0.25) is 5.91 Å². The lowest BCUT2D eigenvalue weighted by Gasteiger charge is -2.16. The van der Waals surface area contributed by atoms with Crippen molar-refractivity contribution in [3.8, 4) is 6.07 Å². The molecule has 0 aliphatic carbocycles. The van der Waals surface area contributed by atoms with Crippen molar-refractivity contribution in [3.05, 3.63) is 17.6 Å². The first-order valence-corrected chi connectivity index (χ1v) is 6.75. The molecule has 7 nitrogen and oxygen atoms in total. The van der Waals surface area contributed by atoms with E-state index in [0.717, 1.165) is 4.90 Å². The number of hydrogen-bond acceptors (Lipinski definition) is 6. The van der Waals surface area contributed by atoms with Crippen LogP contribution in [0.1, 0.15) is 17.8 Å². The molecule has 9 heteroatoms. The predicted molar refractivity (Wildman–Crippen MR) is 62.3 cm³/mol. The summed E-state index contributed by atoms with van der Waals surface area (Å²) in [6.07, 6.45) is 0.787. The van der Waals surface area contributed by atoms with Crippen LogP contribution in [0.25, 0.3) is 0 Å². The number of anilines is 1. The van der Waals surface area contributed by atoms with Gasteiger partial charge in [0.15, 0.2) is 5.82 Å². The summed E-state index contributed by atoms with van der Waals surface area (Å²) < 4.78 is 34.6. The first-order chi connectivity index (χ1) is 8.82. The van der Waals surface area contributed by atoms with Crippen molar-refractivity contribution in [2.45, 2.75) is 18.6 Å². The van der Waals surface area contributed by atoms with E-state index in [1.807, 2.05) is 6.07 Å². The van der Waals surface area contributed by atoms with Crippen molar-refractivity contribution in [2.24, 2.45) is 0 Å². The second-order valence-corrected chi connectivity index (χ2v) is 5.69. The molecular formula is C10H9FN4O3S. The van der Waals surface area contributed by atoms with Gasteiger partial charge in [-0.05, 0) is 6.92 Å². The number of hydrogen-bond donors (Lipinski definition) is 0. The third kappa shape index (κ3) is 2.53. The monoisotopic (exact) mass is 284 g/mol. The smallest absolute Gasteiger partial charge is 0.294 e. The van der Waals surface area contributed by atoms with Crippen LogP contribution in [0.15, 0.2) is 6.20 Å². The lowest BCUT2D eigenvalue weighted by atomic mass is 10.3. The highest BCUT2D eigenvalue weighted by atomic mass is 32.3. The van der Waals surface area contributed by atoms with Gasteiger partial charge < -0.3 is 0 Å². The van der Waals surface area contributed by atoms with Crippen molar-refractivity contribution < 1.29 is 17.1 Å². The lowest BCUT2D eigenvalue weighted by molar-refractivity contribution is -0.117. The Morgan fingerprint density at radius 2 is 2.26 bits per heavy atom. The number of nitrogens with zero attached hydrogens (tertiary/aromatic N) is 4. The summed E-state index contributed by atoms with van der Waals surface area (Å²) in [7, 11) is -4.79. The van der Waals surface area contributed by atoms with Crippen molar-refractivity contribution in [3.63, 3.8) is 0 Å². The molecule has 19 heavy (non-hydrogen) atoms. The van der Waals surface area contributed by atoms with Gasteiger partial charge in [-0.3, -0.25) is 9.69 Å². The largest absolute Gasteiger partial charge is 0.307 e. The highest BCUT2D eigenvalue weighted by Gasteiger charge is 2.40. The maximum atomic E-state index is 12.9. The SMILES string of the molecule is Cc1ncc(C#N)c(N2CC(S(=O)(=O)F)CC2=O)n1. The number of aromatic nitrogens is 2. The molecule has 0 spiro atoms. The van der Waals surface area contributed by atoms with Crippen molar-refractivity contribution in [1.29, 1.82) is 5.26 Å². The van der Waals surface area contributed by atoms with E-state index in [4.69, 9.17) is 5.26 Å². The van der Waals surface area contributed by atoms with Crippen LogP contribution in [0.4, 0.5) is 9.70 Å². The molecular weight excluding hydrogens is 275 g/mol. The van der Waals surface area contributed by atoms with Crippen LogP contribution in [0.5, 0.6) is 0 Å². The second-order valence-electron chi connectivity index (χ2n) is 4.07. The van der Waals surface area contributed by atoms with Crippen molar-refractivity contribution in [1.82, 2.24) is 9.97 Å². The maximum Gasteiger partial charge on any atom is 0.307 e. The molecule has 2 heterocycles. The molecule has 0 saturated carbocycles. The number of carbonyl (C=O) groups excluding carboxylic acids is 1. The molecule has 0 aromatic carbocycles. The van der Waals surface area contributed by atoms with Crippen LogP contribution in [0.2, 0.25) is 0 Å². The van der Waals surface area contributed by atoms with Gasteiger partial charge in [0.25, 0.3) is 0 Å². The number of rotatable bonds is 2. The fourth-order valence-electron chi connectivity index (χ4n) is 1.81. The molecule has 0 N–H and O–H groups in total. The molecule has 1 aromatic rings. The summed E-state index contributed by atoms with van der Waals surface area (Å²) in [6.45, 7) is 1.22. The quantitative estimate of drug-likeness (QED) is 0.711. The van der Waals surface area contributed by atoms with Crippen LogP contribution in [-0.4, -0.2) is 36.1 Å². The van der Waals surface area contributed by atoms with Gasteiger partial charge in [0.1, 0.15) is 22.7 Å². The van der Waals surface area contributed by atoms with Gasteiger partial charge >= 0.3 is 10.2 Å². The van der Waals surface area contributed by atoms with Gasteiger partial charge in [-0.2, -0.15) is 13.7 Å². The maximum absolute atomic E-state index is 12.9. The Morgan fingerprint density at radius 1 is 1.58 bits per heavy atom. The Morgan fingerprint density at radius 3 is 2.79 bits per heavy atom. The van der Waals surface area contributed by atoms with Gasteiger partial charge in [0, 0.05) is 13.0 Å². The van der Waals surface area contributed by atoms with Crippen LogP contribution < -0.4 is 4.90 Å². The molecule has 1 aliphatic rings. The fourth-order valence-corrected chi connectivity index (χ4v) is 2.48. The average molecular weight is 284 g/mol. The van der Waals surface area contributed by atoms with E-state index in [2.05, 4.69) is 9.97 Å². The molecule has 100 valence electrons. The number of amides is 1. The van der Waals surface area contributed by atoms with E-state index in [1.54, 1.807) is 6.92 Å². The molecule has 1 fully saturated rings. The second kappa shape index (κ2) is 4.55. The van der Waals surface area contributed by atoms with E-state index in [1.165, 1.54) is 6.20 Å². The van der Waals surface area contributed by atoms with Crippen LogP contribution >= 0.6 is 0 Å². The highest BCUT2D eigenvalue weighted by molar-refractivity contribution is 7.87. The summed E-state index contributed by atoms with van der Waals surface area (Å²) in [6, 6.07) is 1.81. The summed E-state index contributed by atoms with van der Waals surface area (Å²) in [5.41, 5.74) is 0.0378. The summed E-state index contributed by atoms with van der Waals surface area (Å²) in [5, 5.41) is 7.51. The minimum absolute atomic E-state index is 0.0196. The van der Waals surface area contributed by atoms with Gasteiger partial charge in [0.05, 0.1) is 6.20 Å². The summed E-state index contributed by atoms with van der Waals surface area (Å²) >= 11 is 0. The Balaban J connectivity index is 2.42. The van der Waals surface area contributed by atoms with E-state index in [0.29, 0.717) is 5.82 Å². The number of aryl methyl sites for hydroxylation is 1. The van der Waals surface area contributed by atoms with Crippen molar-refractivity contribution in [2.75, 3.05) is 11.4 Å². The normalized spacial score (nSPS) is 19.5. The van der Waals surface area contributed by atoms with E-state index < -0.39 is 27.8 Å². The Hall–Kier alpha value is -2.08. The average Bonchev–Trinajstić information content (AvgIpc) is 2.71. The van der Waals surface area contributed by atoms with Crippen molar-refractivity contribution >= 4 is 21.9 Å². The molecule has 2 rings (SSSR count). The van der Waals surface area contributed by atoms with Crippen LogP contribution in [0, 0.1) is 18.3 Å². The van der Waals surface area contributed by atoms with E-state index in [9.17, 15) is 17.1 Å². The van der Waals surface area contributed by atoms with E-state index >= 15 is 0 Å². The van der Waals surface area contributed by atoms with Gasteiger partial charge in [-0.25, -0.2) is 9.97 Å². The van der Waals surface area contributed by atoms with Gasteiger partial charge in [-0.1, -0.05) is 0 Å². The third-order valence-corrected chi connectivity index (χ3v) is 3.86. The topological polar surface area (TPSA) is 104 Å². The van der Waals surface area contributed by atoms with Crippen LogP contribution in [0.3, 0.4) is 0 Å². The molecule has 1 atom stereocenters. The zero-order valence-electron chi connectivity index (χ0n) is 9.87. The standard InChI is InChI=1S/C10H9FN4O3S/c1-6-13-4-7(3-12)10(14-6)15-5-8(2-9(15)16)19(11,17)18/h4,8H,2,5H2,1H3. The molecule has 0 radical (unpaired) electrons. The fraction of sp³-hybridized carbons (Fsp3) is 0.400. The molecule has 0 bridgehead atoms. The first-order valence-electron chi connectivity index (χ1n) is 5.30. The highest BCUT2D eigenvalue weighted by Crippen LogP contribution is 2.26. The number of nitriles is 1. The van der Waals surface area contributed by atoms with Gasteiger partial charge in [-0.15, -0.1) is 3.89 Å². The molecule has 1 amide bonds. The molecule has 1 saturated heterocycles. The first kappa shape index (κ1) is 13.4. The predicted octanol–water partition coefficient (Wildman–Crippen LogP) is 0.0613. The Kier molecular flexibility index (Phi) is 3.20. The minimum atomic E-state index is -4.79. The molecule has 1 unspecified atom stereocenters. The third-order valence-electron chi connectivity index (χ3n) is 2.75. The summed E-state index contributed by atoms with van der Waals surface area (Å²) in [4.78, 5) is 20.5.